The van der Waals surface area contributed by atoms with Crippen LogP contribution in [0.1, 0.15) is 26.3 Å². The zero-order valence-corrected chi connectivity index (χ0v) is 14.5. The Kier molecular flexibility index (Phi) is 5.74. The maximum Gasteiger partial charge on any atom is 0.261 e. The first-order valence-corrected chi connectivity index (χ1v) is 8.33. The number of rotatable bonds is 5. The summed E-state index contributed by atoms with van der Waals surface area (Å²) >= 11 is 0. The minimum atomic E-state index is -1.01. The van der Waals surface area contributed by atoms with Gasteiger partial charge in [0.05, 0.1) is 11.3 Å². The molecule has 0 aliphatic carbocycles. The van der Waals surface area contributed by atoms with Crippen LogP contribution in [0.3, 0.4) is 0 Å². The first kappa shape index (κ1) is 19.2. The van der Waals surface area contributed by atoms with Crippen molar-refractivity contribution >= 4 is 17.5 Å². The largest absolute Gasteiger partial charge is 0.348 e. The number of para-hydroxylation sites is 1. The van der Waals surface area contributed by atoms with E-state index in [2.05, 4.69) is 10.6 Å². The number of hydrogen-bond donors (Lipinski definition) is 2. The summed E-state index contributed by atoms with van der Waals surface area (Å²) in [7, 11) is 0. The Balaban J connectivity index is 1.76. The number of halogens is 3. The SMILES string of the molecule is O=C(NCc1ccc(F)cc1)c1ccccc1NC(=O)c1c(F)cccc1F. The molecular weight excluding hydrogens is 369 g/mol. The third-order valence-electron chi connectivity index (χ3n) is 3.98. The van der Waals surface area contributed by atoms with Crippen LogP contribution < -0.4 is 10.6 Å². The van der Waals surface area contributed by atoms with Gasteiger partial charge in [-0.05, 0) is 42.0 Å². The fourth-order valence-corrected chi connectivity index (χ4v) is 2.57. The molecule has 0 radical (unpaired) electrons. The number of carbonyl (C=O) groups is 2. The third-order valence-corrected chi connectivity index (χ3v) is 3.98. The van der Waals surface area contributed by atoms with Crippen LogP contribution in [-0.2, 0) is 6.54 Å². The van der Waals surface area contributed by atoms with E-state index in [1.165, 1.54) is 36.4 Å². The van der Waals surface area contributed by atoms with Crippen molar-refractivity contribution in [3.05, 3.63) is 101 Å². The molecule has 0 saturated carbocycles. The Bertz CT molecular complexity index is 1000. The zero-order chi connectivity index (χ0) is 20.1. The van der Waals surface area contributed by atoms with Crippen LogP contribution in [0.25, 0.3) is 0 Å². The van der Waals surface area contributed by atoms with Gasteiger partial charge in [0, 0.05) is 6.54 Å². The molecule has 7 heteroatoms. The Morgan fingerprint density at radius 2 is 1.39 bits per heavy atom. The summed E-state index contributed by atoms with van der Waals surface area (Å²) in [6.07, 6.45) is 0. The zero-order valence-electron chi connectivity index (χ0n) is 14.5. The van der Waals surface area contributed by atoms with Gasteiger partial charge in [0.1, 0.15) is 23.0 Å². The number of nitrogens with one attached hydrogen (secondary N) is 2. The second-order valence-corrected chi connectivity index (χ2v) is 5.91. The monoisotopic (exact) mass is 384 g/mol. The molecule has 0 heterocycles. The van der Waals surface area contributed by atoms with Gasteiger partial charge >= 0.3 is 0 Å². The summed E-state index contributed by atoms with van der Waals surface area (Å²) in [4.78, 5) is 24.8. The van der Waals surface area contributed by atoms with E-state index in [4.69, 9.17) is 0 Å². The minimum Gasteiger partial charge on any atom is -0.348 e. The number of carbonyl (C=O) groups excluding carboxylic acids is 2. The summed E-state index contributed by atoms with van der Waals surface area (Å²) in [6.45, 7) is 0.142. The highest BCUT2D eigenvalue weighted by molar-refractivity contribution is 6.09. The Morgan fingerprint density at radius 3 is 2.07 bits per heavy atom. The Labute approximate surface area is 159 Å². The minimum absolute atomic E-state index is 0.103. The highest BCUT2D eigenvalue weighted by Gasteiger charge is 2.19. The van der Waals surface area contributed by atoms with Gasteiger partial charge < -0.3 is 10.6 Å². The van der Waals surface area contributed by atoms with Gasteiger partial charge in [0.2, 0.25) is 0 Å². The van der Waals surface area contributed by atoms with Crippen molar-refractivity contribution in [2.45, 2.75) is 6.54 Å². The predicted octanol–water partition coefficient (Wildman–Crippen LogP) is 4.29. The average Bonchev–Trinajstić information content (AvgIpc) is 2.67. The number of anilines is 1. The van der Waals surface area contributed by atoms with Gasteiger partial charge in [-0.2, -0.15) is 0 Å². The first-order valence-electron chi connectivity index (χ1n) is 8.33. The third kappa shape index (κ3) is 4.37. The van der Waals surface area contributed by atoms with Crippen LogP contribution in [0.4, 0.5) is 18.9 Å². The van der Waals surface area contributed by atoms with Gasteiger partial charge in [0.25, 0.3) is 11.8 Å². The van der Waals surface area contributed by atoms with Crippen LogP contribution in [0.15, 0.2) is 66.7 Å². The van der Waals surface area contributed by atoms with E-state index in [9.17, 15) is 22.8 Å². The summed E-state index contributed by atoms with van der Waals surface area (Å²) in [6, 6.07) is 14.8. The molecule has 3 aromatic rings. The molecule has 3 aromatic carbocycles. The number of hydrogen-bond acceptors (Lipinski definition) is 2. The average molecular weight is 384 g/mol. The van der Waals surface area contributed by atoms with Crippen molar-refractivity contribution in [2.24, 2.45) is 0 Å². The summed E-state index contributed by atoms with van der Waals surface area (Å²) in [5.41, 5.74) is 0.176. The van der Waals surface area contributed by atoms with Crippen molar-refractivity contribution in [1.82, 2.24) is 5.32 Å². The van der Waals surface area contributed by atoms with E-state index in [1.807, 2.05) is 0 Å². The molecule has 0 bridgehead atoms. The maximum absolute atomic E-state index is 13.8. The molecule has 3 rings (SSSR count). The van der Waals surface area contributed by atoms with Gasteiger partial charge in [-0.15, -0.1) is 0 Å². The fourth-order valence-electron chi connectivity index (χ4n) is 2.57. The summed E-state index contributed by atoms with van der Waals surface area (Å²) in [5, 5.41) is 5.02. The Hall–Kier alpha value is -3.61. The van der Waals surface area contributed by atoms with E-state index in [0.717, 1.165) is 18.2 Å². The van der Waals surface area contributed by atoms with Crippen molar-refractivity contribution in [1.29, 1.82) is 0 Å². The van der Waals surface area contributed by atoms with Gasteiger partial charge in [-0.25, -0.2) is 13.2 Å². The van der Waals surface area contributed by atoms with Crippen LogP contribution in [0.2, 0.25) is 0 Å². The smallest absolute Gasteiger partial charge is 0.261 e. The maximum atomic E-state index is 13.8. The van der Waals surface area contributed by atoms with E-state index >= 15 is 0 Å². The van der Waals surface area contributed by atoms with Crippen molar-refractivity contribution < 1.29 is 22.8 Å². The summed E-state index contributed by atoms with van der Waals surface area (Å²) < 4.78 is 40.5. The van der Waals surface area contributed by atoms with Crippen molar-refractivity contribution in [3.63, 3.8) is 0 Å². The standard InChI is InChI=1S/C21H15F3N2O2/c22-14-10-8-13(9-11-14)12-25-20(27)15-4-1-2-7-18(15)26-21(28)19-16(23)5-3-6-17(19)24/h1-11H,12H2,(H,25,27)(H,26,28). The second kappa shape index (κ2) is 8.39. The molecule has 2 N–H and O–H groups in total. The van der Waals surface area contributed by atoms with E-state index < -0.39 is 29.0 Å². The first-order chi connectivity index (χ1) is 13.5. The molecule has 0 aromatic heterocycles. The quantitative estimate of drug-likeness (QED) is 0.690. The highest BCUT2D eigenvalue weighted by atomic mass is 19.1. The van der Waals surface area contributed by atoms with Gasteiger partial charge in [-0.3, -0.25) is 9.59 Å². The molecule has 2 amide bonds. The van der Waals surface area contributed by atoms with Crippen LogP contribution in [0.5, 0.6) is 0 Å². The molecular formula is C21H15F3N2O2. The summed E-state index contributed by atoms with van der Waals surface area (Å²) in [5.74, 6) is -3.90. The molecule has 0 aliphatic rings. The van der Waals surface area contributed by atoms with Crippen molar-refractivity contribution in [2.75, 3.05) is 5.32 Å². The van der Waals surface area contributed by atoms with E-state index in [-0.39, 0.29) is 23.6 Å². The number of amides is 2. The number of benzene rings is 3. The molecule has 0 aliphatic heterocycles. The van der Waals surface area contributed by atoms with E-state index in [1.54, 1.807) is 12.1 Å². The van der Waals surface area contributed by atoms with Gasteiger partial charge in [0.15, 0.2) is 0 Å². The molecule has 0 spiro atoms. The second-order valence-electron chi connectivity index (χ2n) is 5.91. The van der Waals surface area contributed by atoms with Crippen molar-refractivity contribution in [3.8, 4) is 0 Å². The van der Waals surface area contributed by atoms with Crippen LogP contribution >= 0.6 is 0 Å². The van der Waals surface area contributed by atoms with Gasteiger partial charge in [-0.1, -0.05) is 30.3 Å². The lowest BCUT2D eigenvalue weighted by Crippen LogP contribution is -2.25. The molecule has 0 fully saturated rings. The Morgan fingerprint density at radius 1 is 0.750 bits per heavy atom. The lowest BCUT2D eigenvalue weighted by atomic mass is 10.1. The molecule has 0 atom stereocenters. The van der Waals surface area contributed by atoms with E-state index in [0.29, 0.717) is 5.56 Å². The normalized spacial score (nSPS) is 10.4. The molecule has 0 unspecified atom stereocenters. The predicted molar refractivity (Wildman–Crippen MR) is 98.3 cm³/mol. The topological polar surface area (TPSA) is 58.2 Å². The van der Waals surface area contributed by atoms with Crippen LogP contribution in [-0.4, -0.2) is 11.8 Å². The molecule has 142 valence electrons. The fraction of sp³-hybridized carbons (Fsp3) is 0.0476. The molecule has 28 heavy (non-hydrogen) atoms. The molecule has 4 nitrogen and oxygen atoms in total. The van der Waals surface area contributed by atoms with Crippen LogP contribution in [0, 0.1) is 17.5 Å². The lowest BCUT2D eigenvalue weighted by molar-refractivity contribution is 0.0952. The lowest BCUT2D eigenvalue weighted by Gasteiger charge is -2.12. The molecule has 0 saturated heterocycles. The highest BCUT2D eigenvalue weighted by Crippen LogP contribution is 2.19.